The zero-order chi connectivity index (χ0) is 13.7. The average molecular weight is 265 g/mol. The summed E-state index contributed by atoms with van der Waals surface area (Å²) in [4.78, 5) is 2.17. The van der Waals surface area contributed by atoms with Gasteiger partial charge in [-0.1, -0.05) is 12.8 Å². The fraction of sp³-hybridized carbons (Fsp3) is 0.933. The van der Waals surface area contributed by atoms with Crippen molar-refractivity contribution in [2.45, 2.75) is 51.2 Å². The van der Waals surface area contributed by atoms with Crippen molar-refractivity contribution in [1.29, 1.82) is 5.26 Å². The van der Waals surface area contributed by atoms with Crippen molar-refractivity contribution in [1.82, 2.24) is 10.2 Å². The summed E-state index contributed by atoms with van der Waals surface area (Å²) in [6.07, 6.45) is 6.24. The summed E-state index contributed by atoms with van der Waals surface area (Å²) in [5.74, 6) is 1.14. The molecule has 4 heteroatoms. The molecule has 108 valence electrons. The van der Waals surface area contributed by atoms with Gasteiger partial charge in [0.25, 0.3) is 0 Å². The number of nitriles is 1. The monoisotopic (exact) mass is 265 g/mol. The fourth-order valence-corrected chi connectivity index (χ4v) is 3.51. The van der Waals surface area contributed by atoms with E-state index in [2.05, 4.69) is 16.3 Å². The Morgan fingerprint density at radius 2 is 2.11 bits per heavy atom. The van der Waals surface area contributed by atoms with Crippen LogP contribution in [-0.4, -0.2) is 48.3 Å². The highest BCUT2D eigenvalue weighted by atomic mass is 16.3. The third-order valence-electron chi connectivity index (χ3n) is 4.71. The Balaban J connectivity index is 1.81. The van der Waals surface area contributed by atoms with Crippen LogP contribution in [0.4, 0.5) is 0 Å². The number of nitrogens with zero attached hydrogens (tertiary/aromatic N) is 2. The van der Waals surface area contributed by atoms with E-state index >= 15 is 0 Å². The molecule has 0 aromatic carbocycles. The molecule has 2 rings (SSSR count). The molecule has 2 N–H and O–H groups in total. The second kappa shape index (κ2) is 7.23. The lowest BCUT2D eigenvalue weighted by atomic mass is 9.90. The number of piperidine rings is 1. The quantitative estimate of drug-likeness (QED) is 0.737. The SMILES string of the molecule is CC(O)C1CC(NCC2CCCC2)CN(CC#N)C1. The third-order valence-corrected chi connectivity index (χ3v) is 4.71. The van der Waals surface area contributed by atoms with Gasteiger partial charge in [0.2, 0.25) is 0 Å². The zero-order valence-electron chi connectivity index (χ0n) is 12.0. The summed E-state index contributed by atoms with van der Waals surface area (Å²) in [7, 11) is 0. The molecule has 0 amide bonds. The molecule has 0 aromatic rings. The summed E-state index contributed by atoms with van der Waals surface area (Å²) >= 11 is 0. The lowest BCUT2D eigenvalue weighted by molar-refractivity contribution is 0.0527. The molecule has 1 heterocycles. The number of hydrogen-bond donors (Lipinski definition) is 2. The Kier molecular flexibility index (Phi) is 5.62. The summed E-state index contributed by atoms with van der Waals surface area (Å²) < 4.78 is 0. The van der Waals surface area contributed by atoms with Crippen LogP contribution in [0, 0.1) is 23.2 Å². The minimum Gasteiger partial charge on any atom is -0.393 e. The number of aliphatic hydroxyl groups is 1. The Bertz CT molecular complexity index is 307. The van der Waals surface area contributed by atoms with E-state index in [-0.39, 0.29) is 6.10 Å². The maximum Gasteiger partial charge on any atom is 0.0866 e. The van der Waals surface area contributed by atoms with Gasteiger partial charge in [-0.3, -0.25) is 4.90 Å². The van der Waals surface area contributed by atoms with Crippen LogP contribution in [-0.2, 0) is 0 Å². The van der Waals surface area contributed by atoms with Gasteiger partial charge in [-0.15, -0.1) is 0 Å². The van der Waals surface area contributed by atoms with Crippen molar-refractivity contribution in [2.24, 2.45) is 11.8 Å². The molecule has 1 aliphatic carbocycles. The van der Waals surface area contributed by atoms with E-state index < -0.39 is 0 Å². The minimum absolute atomic E-state index is 0.280. The minimum atomic E-state index is -0.280. The molecule has 2 fully saturated rings. The number of likely N-dealkylation sites (tertiary alicyclic amines) is 1. The maximum atomic E-state index is 9.82. The Morgan fingerprint density at radius 3 is 2.74 bits per heavy atom. The molecule has 1 saturated carbocycles. The smallest absolute Gasteiger partial charge is 0.0866 e. The zero-order valence-corrected chi connectivity index (χ0v) is 12.0. The van der Waals surface area contributed by atoms with E-state index in [1.165, 1.54) is 25.7 Å². The first kappa shape index (κ1) is 14.8. The van der Waals surface area contributed by atoms with Gasteiger partial charge >= 0.3 is 0 Å². The van der Waals surface area contributed by atoms with E-state index in [4.69, 9.17) is 5.26 Å². The summed E-state index contributed by atoms with van der Waals surface area (Å²) in [5.41, 5.74) is 0. The van der Waals surface area contributed by atoms with Crippen LogP contribution in [0.25, 0.3) is 0 Å². The normalized spacial score (nSPS) is 31.2. The van der Waals surface area contributed by atoms with Gasteiger partial charge in [0.1, 0.15) is 0 Å². The average Bonchev–Trinajstić information content (AvgIpc) is 2.89. The summed E-state index contributed by atoms with van der Waals surface area (Å²) in [5, 5.41) is 22.4. The molecular weight excluding hydrogens is 238 g/mol. The molecule has 0 bridgehead atoms. The molecular formula is C15H27N3O. The predicted octanol–water partition coefficient (Wildman–Crippen LogP) is 1.36. The lowest BCUT2D eigenvalue weighted by Crippen LogP contribution is -2.52. The molecule has 3 atom stereocenters. The number of hydrogen-bond acceptors (Lipinski definition) is 4. The van der Waals surface area contributed by atoms with Crippen molar-refractivity contribution in [3.63, 3.8) is 0 Å². The maximum absolute atomic E-state index is 9.82. The van der Waals surface area contributed by atoms with E-state index in [0.717, 1.165) is 32.0 Å². The molecule has 0 spiro atoms. The molecule has 0 radical (unpaired) electrons. The topological polar surface area (TPSA) is 59.3 Å². The summed E-state index contributed by atoms with van der Waals surface area (Å²) in [6, 6.07) is 2.66. The molecule has 0 aromatic heterocycles. The van der Waals surface area contributed by atoms with Crippen LogP contribution in [0.1, 0.15) is 39.0 Å². The van der Waals surface area contributed by atoms with Crippen molar-refractivity contribution in [3.8, 4) is 6.07 Å². The van der Waals surface area contributed by atoms with Crippen molar-refractivity contribution in [2.75, 3.05) is 26.2 Å². The molecule has 2 aliphatic rings. The highest BCUT2D eigenvalue weighted by Gasteiger charge is 2.30. The van der Waals surface area contributed by atoms with Crippen molar-refractivity contribution in [3.05, 3.63) is 0 Å². The standard InChI is InChI=1S/C15H27N3O/c1-12(19)14-8-15(11-18(10-14)7-6-16)17-9-13-4-2-3-5-13/h12-15,17,19H,2-5,7-11H2,1H3. The van der Waals surface area contributed by atoms with Crippen LogP contribution in [0.3, 0.4) is 0 Å². The van der Waals surface area contributed by atoms with Gasteiger partial charge in [0.15, 0.2) is 0 Å². The highest BCUT2D eigenvalue weighted by molar-refractivity contribution is 4.89. The second-order valence-corrected chi connectivity index (χ2v) is 6.34. The number of nitrogens with one attached hydrogen (secondary N) is 1. The van der Waals surface area contributed by atoms with Gasteiger partial charge < -0.3 is 10.4 Å². The molecule has 3 unspecified atom stereocenters. The van der Waals surface area contributed by atoms with Crippen molar-refractivity contribution >= 4 is 0 Å². The summed E-state index contributed by atoms with van der Waals surface area (Å²) in [6.45, 7) is 5.26. The van der Waals surface area contributed by atoms with Crippen molar-refractivity contribution < 1.29 is 5.11 Å². The van der Waals surface area contributed by atoms with E-state index in [1.807, 2.05) is 6.92 Å². The Hall–Kier alpha value is -0.630. The van der Waals surface area contributed by atoms with Crippen LogP contribution in [0.2, 0.25) is 0 Å². The number of aliphatic hydroxyl groups excluding tert-OH is 1. The first-order valence-electron chi connectivity index (χ1n) is 7.69. The van der Waals surface area contributed by atoms with Gasteiger partial charge in [-0.2, -0.15) is 5.26 Å². The molecule has 1 aliphatic heterocycles. The fourth-order valence-electron chi connectivity index (χ4n) is 3.51. The Labute approximate surface area is 116 Å². The van der Waals surface area contributed by atoms with E-state index in [1.54, 1.807) is 0 Å². The van der Waals surface area contributed by atoms with Gasteiger partial charge in [-0.25, -0.2) is 0 Å². The van der Waals surface area contributed by atoms with Crippen LogP contribution < -0.4 is 5.32 Å². The largest absolute Gasteiger partial charge is 0.393 e. The van der Waals surface area contributed by atoms with Crippen LogP contribution in [0.15, 0.2) is 0 Å². The molecule has 1 saturated heterocycles. The Morgan fingerprint density at radius 1 is 1.37 bits per heavy atom. The first-order chi connectivity index (χ1) is 9.19. The van der Waals surface area contributed by atoms with Gasteiger partial charge in [-0.05, 0) is 44.6 Å². The molecule has 19 heavy (non-hydrogen) atoms. The molecule has 4 nitrogen and oxygen atoms in total. The predicted molar refractivity (Wildman–Crippen MR) is 75.6 cm³/mol. The van der Waals surface area contributed by atoms with Crippen LogP contribution in [0.5, 0.6) is 0 Å². The van der Waals surface area contributed by atoms with E-state index in [9.17, 15) is 5.11 Å². The van der Waals surface area contributed by atoms with Gasteiger partial charge in [0, 0.05) is 19.1 Å². The van der Waals surface area contributed by atoms with Crippen LogP contribution >= 0.6 is 0 Å². The number of rotatable bonds is 5. The second-order valence-electron chi connectivity index (χ2n) is 6.34. The lowest BCUT2D eigenvalue weighted by Gasteiger charge is -2.38. The van der Waals surface area contributed by atoms with Gasteiger partial charge in [0.05, 0.1) is 18.7 Å². The third kappa shape index (κ3) is 4.45. The highest BCUT2D eigenvalue weighted by Crippen LogP contribution is 2.25. The first-order valence-corrected chi connectivity index (χ1v) is 7.69. The van der Waals surface area contributed by atoms with E-state index in [0.29, 0.717) is 18.5 Å².